The number of rotatable bonds is 9. The summed E-state index contributed by atoms with van der Waals surface area (Å²) in [5.74, 6) is 0. The zero-order valence-corrected chi connectivity index (χ0v) is 18.3. The van der Waals surface area contributed by atoms with E-state index in [0.29, 0.717) is 0 Å². The maximum absolute atomic E-state index is 11.1. The van der Waals surface area contributed by atoms with Crippen molar-refractivity contribution in [1.82, 2.24) is 0 Å². The quantitative estimate of drug-likeness (QED) is 0.465. The number of aliphatic hydroxyl groups excluding tert-OH is 3. The summed E-state index contributed by atoms with van der Waals surface area (Å²) < 4.78 is 17.9. The van der Waals surface area contributed by atoms with Gasteiger partial charge < -0.3 is 29.5 Å². The Hall–Kier alpha value is -2.58. The van der Waals surface area contributed by atoms with Gasteiger partial charge in [-0.05, 0) is 16.7 Å². The molecule has 6 heteroatoms. The van der Waals surface area contributed by atoms with Crippen molar-refractivity contribution >= 4 is 0 Å². The number of hydrogen-bond acceptors (Lipinski definition) is 6. The predicted molar refractivity (Wildman–Crippen MR) is 123 cm³/mol. The van der Waals surface area contributed by atoms with Crippen molar-refractivity contribution in [3.63, 3.8) is 0 Å². The number of ether oxygens (including phenoxy) is 3. The van der Waals surface area contributed by atoms with E-state index in [9.17, 15) is 15.3 Å². The summed E-state index contributed by atoms with van der Waals surface area (Å²) in [5.41, 5.74) is 2.74. The first kappa shape index (κ1) is 23.6. The Bertz CT molecular complexity index is 952. The Morgan fingerprint density at radius 2 is 0.727 bits per heavy atom. The molecule has 1 aliphatic carbocycles. The fourth-order valence-corrected chi connectivity index (χ4v) is 4.05. The van der Waals surface area contributed by atoms with Crippen LogP contribution >= 0.6 is 0 Å². The molecule has 174 valence electrons. The highest BCUT2D eigenvalue weighted by atomic mass is 16.6. The summed E-state index contributed by atoms with van der Waals surface area (Å²) in [6, 6.07) is 28.6. The summed E-state index contributed by atoms with van der Waals surface area (Å²) in [6.07, 6.45) is -6.68. The Labute approximate surface area is 194 Å². The molecule has 1 saturated carbocycles. The monoisotopic (exact) mass is 450 g/mol. The third-order valence-corrected chi connectivity index (χ3v) is 5.88. The fourth-order valence-electron chi connectivity index (χ4n) is 4.05. The van der Waals surface area contributed by atoms with E-state index in [1.54, 1.807) is 0 Å². The van der Waals surface area contributed by atoms with Gasteiger partial charge in [0.15, 0.2) is 0 Å². The van der Waals surface area contributed by atoms with Crippen molar-refractivity contribution in [2.75, 3.05) is 0 Å². The normalized spacial score (nSPS) is 27.4. The highest BCUT2D eigenvalue weighted by molar-refractivity contribution is 5.16. The third-order valence-electron chi connectivity index (χ3n) is 5.88. The minimum atomic E-state index is -1.33. The maximum Gasteiger partial charge on any atom is 0.115 e. The van der Waals surface area contributed by atoms with Gasteiger partial charge in [0.1, 0.15) is 36.6 Å². The van der Waals surface area contributed by atoms with Gasteiger partial charge >= 0.3 is 0 Å². The molecule has 0 saturated heterocycles. The van der Waals surface area contributed by atoms with E-state index in [2.05, 4.69) is 0 Å². The van der Waals surface area contributed by atoms with E-state index in [1.165, 1.54) is 0 Å². The minimum absolute atomic E-state index is 0.188. The van der Waals surface area contributed by atoms with Crippen LogP contribution in [0.25, 0.3) is 0 Å². The van der Waals surface area contributed by atoms with Gasteiger partial charge in [0.2, 0.25) is 0 Å². The second kappa shape index (κ2) is 11.5. The average molecular weight is 451 g/mol. The molecule has 0 aromatic heterocycles. The molecular formula is C27H30O6. The fraction of sp³-hybridized carbons (Fsp3) is 0.333. The summed E-state index contributed by atoms with van der Waals surface area (Å²) in [7, 11) is 0. The lowest BCUT2D eigenvalue weighted by Crippen LogP contribution is -2.65. The van der Waals surface area contributed by atoms with Crippen molar-refractivity contribution in [3.05, 3.63) is 108 Å². The molecule has 0 spiro atoms. The molecule has 4 rings (SSSR count). The zero-order valence-electron chi connectivity index (χ0n) is 18.3. The van der Waals surface area contributed by atoms with E-state index >= 15 is 0 Å². The van der Waals surface area contributed by atoms with Gasteiger partial charge in [-0.1, -0.05) is 91.0 Å². The largest absolute Gasteiger partial charge is 0.387 e. The van der Waals surface area contributed by atoms with E-state index in [-0.39, 0.29) is 19.8 Å². The Morgan fingerprint density at radius 3 is 1.12 bits per heavy atom. The van der Waals surface area contributed by atoms with Crippen LogP contribution in [-0.4, -0.2) is 51.9 Å². The summed E-state index contributed by atoms with van der Waals surface area (Å²) >= 11 is 0. The van der Waals surface area contributed by atoms with Gasteiger partial charge in [-0.15, -0.1) is 0 Å². The summed E-state index contributed by atoms with van der Waals surface area (Å²) in [4.78, 5) is 0. The molecule has 33 heavy (non-hydrogen) atoms. The van der Waals surface area contributed by atoms with Gasteiger partial charge in [-0.3, -0.25) is 0 Å². The summed E-state index contributed by atoms with van der Waals surface area (Å²) in [5, 5.41) is 32.8. The van der Waals surface area contributed by atoms with Crippen molar-refractivity contribution in [2.45, 2.75) is 56.4 Å². The minimum Gasteiger partial charge on any atom is -0.387 e. The SMILES string of the molecule is O[C@@H]1[C@H](OCc2ccccc2)[C@@H](O)[C@H](O)[C@H](OCc2ccccc2)[C@@H]1OCc1ccccc1. The molecule has 0 amide bonds. The first-order valence-electron chi connectivity index (χ1n) is 11.1. The molecule has 0 aliphatic heterocycles. The molecule has 6 nitrogen and oxygen atoms in total. The second-order valence-corrected chi connectivity index (χ2v) is 8.26. The predicted octanol–water partition coefficient (Wildman–Crippen LogP) is 2.84. The van der Waals surface area contributed by atoms with Crippen LogP contribution in [0.15, 0.2) is 91.0 Å². The van der Waals surface area contributed by atoms with Crippen molar-refractivity contribution < 1.29 is 29.5 Å². The number of hydrogen-bond donors (Lipinski definition) is 3. The van der Waals surface area contributed by atoms with Gasteiger partial charge in [0.25, 0.3) is 0 Å². The smallest absolute Gasteiger partial charge is 0.115 e. The lowest BCUT2D eigenvalue weighted by atomic mass is 9.84. The molecular weight excluding hydrogens is 420 g/mol. The van der Waals surface area contributed by atoms with Crippen LogP contribution in [0.5, 0.6) is 0 Å². The van der Waals surface area contributed by atoms with Crippen LogP contribution in [-0.2, 0) is 34.0 Å². The van der Waals surface area contributed by atoms with E-state index in [4.69, 9.17) is 14.2 Å². The standard InChI is InChI=1S/C27H30O6/c28-22-23(29)26(32-17-20-12-6-2-7-13-20)27(33-18-21-14-8-3-9-15-21)24(30)25(22)31-16-19-10-4-1-5-11-19/h1-15,22-30H,16-18H2/t22-,23-,24+,25+,26-,27+/m0/s1. The average Bonchev–Trinajstić information content (AvgIpc) is 2.86. The number of aliphatic hydroxyl groups is 3. The Kier molecular flexibility index (Phi) is 8.23. The Balaban J connectivity index is 1.49. The first-order chi connectivity index (χ1) is 16.1. The molecule has 0 bridgehead atoms. The molecule has 1 fully saturated rings. The summed E-state index contributed by atoms with van der Waals surface area (Å²) in [6.45, 7) is 0.623. The zero-order chi connectivity index (χ0) is 23.0. The second-order valence-electron chi connectivity index (χ2n) is 8.26. The van der Waals surface area contributed by atoms with E-state index < -0.39 is 36.6 Å². The van der Waals surface area contributed by atoms with E-state index in [0.717, 1.165) is 16.7 Å². The molecule has 0 unspecified atom stereocenters. The third kappa shape index (κ3) is 6.06. The highest BCUT2D eigenvalue weighted by Crippen LogP contribution is 2.30. The molecule has 0 heterocycles. The molecule has 1 aliphatic rings. The lowest BCUT2D eigenvalue weighted by Gasteiger charge is -2.45. The lowest BCUT2D eigenvalue weighted by molar-refractivity contribution is -0.262. The molecule has 6 atom stereocenters. The maximum atomic E-state index is 11.1. The number of benzene rings is 3. The van der Waals surface area contributed by atoms with Crippen LogP contribution in [0.2, 0.25) is 0 Å². The van der Waals surface area contributed by atoms with Crippen LogP contribution in [0.3, 0.4) is 0 Å². The van der Waals surface area contributed by atoms with Gasteiger partial charge in [-0.25, -0.2) is 0 Å². The van der Waals surface area contributed by atoms with Crippen molar-refractivity contribution in [3.8, 4) is 0 Å². The topological polar surface area (TPSA) is 88.4 Å². The van der Waals surface area contributed by atoms with Gasteiger partial charge in [-0.2, -0.15) is 0 Å². The Morgan fingerprint density at radius 1 is 0.424 bits per heavy atom. The highest BCUT2D eigenvalue weighted by Gasteiger charge is 2.51. The van der Waals surface area contributed by atoms with Crippen LogP contribution in [0.4, 0.5) is 0 Å². The van der Waals surface area contributed by atoms with Crippen molar-refractivity contribution in [2.24, 2.45) is 0 Å². The molecule has 0 radical (unpaired) electrons. The van der Waals surface area contributed by atoms with E-state index in [1.807, 2.05) is 91.0 Å². The van der Waals surface area contributed by atoms with Crippen LogP contribution < -0.4 is 0 Å². The molecule has 3 N–H and O–H groups in total. The van der Waals surface area contributed by atoms with Gasteiger partial charge in [0.05, 0.1) is 19.8 Å². The molecule has 3 aromatic rings. The van der Waals surface area contributed by atoms with Crippen molar-refractivity contribution in [1.29, 1.82) is 0 Å². The molecule has 3 aromatic carbocycles. The first-order valence-corrected chi connectivity index (χ1v) is 11.1. The van der Waals surface area contributed by atoms with Crippen LogP contribution in [0.1, 0.15) is 16.7 Å². The van der Waals surface area contributed by atoms with Gasteiger partial charge in [0, 0.05) is 0 Å². The van der Waals surface area contributed by atoms with Crippen LogP contribution in [0, 0.1) is 0 Å².